The van der Waals surface area contributed by atoms with Crippen LogP contribution in [0.5, 0.6) is 11.6 Å². The molecule has 1 N–H and O–H groups in total. The van der Waals surface area contributed by atoms with E-state index in [9.17, 15) is 4.79 Å². The van der Waals surface area contributed by atoms with E-state index in [0.717, 1.165) is 0 Å². The molecule has 3 aromatic rings. The first kappa shape index (κ1) is 16.2. The van der Waals surface area contributed by atoms with Crippen LogP contribution in [0.25, 0.3) is 0 Å². The molecule has 0 bridgehead atoms. The Bertz CT molecular complexity index is 873. The molecule has 0 unspecified atom stereocenters. The topological polar surface area (TPSA) is 64.1 Å². The highest BCUT2D eigenvalue weighted by atomic mass is 35.5. The van der Waals surface area contributed by atoms with E-state index in [1.165, 1.54) is 18.5 Å². The van der Waals surface area contributed by atoms with Gasteiger partial charge in [0.1, 0.15) is 5.75 Å². The molecule has 0 aliphatic heterocycles. The summed E-state index contributed by atoms with van der Waals surface area (Å²) in [5.74, 6) is 0.595. The fraction of sp³-hybridized carbons (Fsp3) is 0. The van der Waals surface area contributed by atoms with E-state index >= 15 is 0 Å². The lowest BCUT2D eigenvalue weighted by molar-refractivity contribution is 0.102. The summed E-state index contributed by atoms with van der Waals surface area (Å²) in [6.45, 7) is 0. The molecule has 0 spiro atoms. The first-order valence-corrected chi connectivity index (χ1v) is 7.68. The highest BCUT2D eigenvalue weighted by Gasteiger charge is 2.09. The van der Waals surface area contributed by atoms with Crippen LogP contribution in [0, 0.1) is 0 Å². The highest BCUT2D eigenvalue weighted by Crippen LogP contribution is 2.25. The van der Waals surface area contributed by atoms with E-state index in [4.69, 9.17) is 27.9 Å². The Hall–Kier alpha value is -2.63. The molecule has 0 fully saturated rings. The first-order chi connectivity index (χ1) is 11.6. The Morgan fingerprint density at radius 3 is 2.67 bits per heavy atom. The van der Waals surface area contributed by atoms with Gasteiger partial charge in [-0.1, -0.05) is 29.3 Å². The third kappa shape index (κ3) is 4.01. The summed E-state index contributed by atoms with van der Waals surface area (Å²) >= 11 is 11.8. The molecule has 0 atom stereocenters. The number of amides is 1. The molecule has 3 rings (SSSR count). The molecular weight excluding hydrogens is 349 g/mol. The Morgan fingerprint density at radius 2 is 1.92 bits per heavy atom. The zero-order valence-electron chi connectivity index (χ0n) is 12.2. The molecule has 0 aliphatic carbocycles. The van der Waals surface area contributed by atoms with Crippen molar-refractivity contribution >= 4 is 34.8 Å². The molecule has 2 aromatic carbocycles. The fourth-order valence-electron chi connectivity index (χ4n) is 1.94. The van der Waals surface area contributed by atoms with E-state index < -0.39 is 0 Å². The third-order valence-electron chi connectivity index (χ3n) is 3.04. The SMILES string of the molecule is O=C(Nc1cccc(Oc2cnccn2)c1)c1ccc(Cl)c(Cl)c1. The van der Waals surface area contributed by atoms with Crippen LogP contribution < -0.4 is 10.1 Å². The van der Waals surface area contributed by atoms with E-state index in [-0.39, 0.29) is 5.91 Å². The lowest BCUT2D eigenvalue weighted by Gasteiger charge is -2.08. The number of nitrogens with zero attached hydrogens (tertiary/aromatic N) is 2. The van der Waals surface area contributed by atoms with Crippen molar-refractivity contribution < 1.29 is 9.53 Å². The van der Waals surface area contributed by atoms with Gasteiger partial charge in [-0.2, -0.15) is 0 Å². The molecular formula is C17H11Cl2N3O2. The normalized spacial score (nSPS) is 10.2. The van der Waals surface area contributed by atoms with E-state index in [1.807, 2.05) is 0 Å². The standard InChI is InChI=1S/C17H11Cl2N3O2/c18-14-5-4-11(8-15(14)19)17(23)22-12-2-1-3-13(9-12)24-16-10-20-6-7-21-16/h1-10H,(H,22,23). The summed E-state index contributed by atoms with van der Waals surface area (Å²) in [7, 11) is 0. The number of ether oxygens (including phenoxy) is 1. The van der Waals surface area contributed by atoms with Crippen molar-refractivity contribution in [1.29, 1.82) is 0 Å². The molecule has 0 saturated carbocycles. The van der Waals surface area contributed by atoms with Gasteiger partial charge in [0, 0.05) is 29.7 Å². The predicted molar refractivity (Wildman–Crippen MR) is 93.0 cm³/mol. The average Bonchev–Trinajstić information content (AvgIpc) is 2.58. The number of hydrogen-bond donors (Lipinski definition) is 1. The maximum absolute atomic E-state index is 12.3. The molecule has 1 heterocycles. The molecule has 24 heavy (non-hydrogen) atoms. The van der Waals surface area contributed by atoms with Crippen LogP contribution in [-0.4, -0.2) is 15.9 Å². The summed E-state index contributed by atoms with van der Waals surface area (Å²) in [4.78, 5) is 20.2. The van der Waals surface area contributed by atoms with Gasteiger partial charge < -0.3 is 10.1 Å². The minimum atomic E-state index is -0.301. The second kappa shape index (κ2) is 7.29. The van der Waals surface area contributed by atoms with Crippen LogP contribution >= 0.6 is 23.2 Å². The number of carbonyl (C=O) groups excluding carboxylic acids is 1. The summed E-state index contributed by atoms with van der Waals surface area (Å²) in [5.41, 5.74) is 0.983. The Morgan fingerprint density at radius 1 is 1.04 bits per heavy atom. The summed E-state index contributed by atoms with van der Waals surface area (Å²) in [6.07, 6.45) is 4.59. The van der Waals surface area contributed by atoms with Crippen molar-refractivity contribution in [2.24, 2.45) is 0 Å². The molecule has 1 amide bonds. The van der Waals surface area contributed by atoms with Gasteiger partial charge >= 0.3 is 0 Å². The van der Waals surface area contributed by atoms with Gasteiger partial charge in [0.05, 0.1) is 16.2 Å². The van der Waals surface area contributed by atoms with Crippen molar-refractivity contribution in [1.82, 2.24) is 9.97 Å². The molecule has 5 nitrogen and oxygen atoms in total. The van der Waals surface area contributed by atoms with Crippen LogP contribution in [0.15, 0.2) is 61.1 Å². The van der Waals surface area contributed by atoms with Crippen molar-refractivity contribution in [3.8, 4) is 11.6 Å². The van der Waals surface area contributed by atoms with Crippen molar-refractivity contribution in [3.05, 3.63) is 76.7 Å². The Kier molecular flexibility index (Phi) is 4.93. The maximum atomic E-state index is 12.3. The van der Waals surface area contributed by atoms with Gasteiger partial charge in [-0.05, 0) is 30.3 Å². The minimum Gasteiger partial charge on any atom is -0.437 e. The molecule has 7 heteroatoms. The van der Waals surface area contributed by atoms with Gasteiger partial charge in [0.25, 0.3) is 5.91 Å². The van der Waals surface area contributed by atoms with Crippen LogP contribution in [0.1, 0.15) is 10.4 Å². The molecule has 120 valence electrons. The predicted octanol–water partition coefficient (Wildman–Crippen LogP) is 4.83. The second-order valence-electron chi connectivity index (χ2n) is 4.76. The maximum Gasteiger partial charge on any atom is 0.255 e. The zero-order chi connectivity index (χ0) is 16.9. The number of rotatable bonds is 4. The number of anilines is 1. The number of hydrogen-bond acceptors (Lipinski definition) is 4. The van der Waals surface area contributed by atoms with E-state index in [1.54, 1.807) is 42.6 Å². The highest BCUT2D eigenvalue weighted by molar-refractivity contribution is 6.42. The fourth-order valence-corrected chi connectivity index (χ4v) is 2.23. The number of carbonyl (C=O) groups is 1. The Balaban J connectivity index is 1.74. The lowest BCUT2D eigenvalue weighted by Crippen LogP contribution is -2.11. The van der Waals surface area contributed by atoms with Crippen LogP contribution in [0.3, 0.4) is 0 Å². The first-order valence-electron chi connectivity index (χ1n) is 6.92. The lowest BCUT2D eigenvalue weighted by atomic mass is 10.2. The van der Waals surface area contributed by atoms with Gasteiger partial charge in [-0.3, -0.25) is 9.78 Å². The van der Waals surface area contributed by atoms with Gasteiger partial charge in [0.15, 0.2) is 0 Å². The van der Waals surface area contributed by atoms with Crippen LogP contribution in [0.4, 0.5) is 5.69 Å². The van der Waals surface area contributed by atoms with E-state index in [0.29, 0.717) is 32.9 Å². The smallest absolute Gasteiger partial charge is 0.255 e. The number of aromatic nitrogens is 2. The zero-order valence-corrected chi connectivity index (χ0v) is 13.8. The van der Waals surface area contributed by atoms with E-state index in [2.05, 4.69) is 15.3 Å². The Labute approximate surface area is 148 Å². The summed E-state index contributed by atoms with van der Waals surface area (Å²) in [6, 6.07) is 11.6. The van der Waals surface area contributed by atoms with Crippen molar-refractivity contribution in [2.75, 3.05) is 5.32 Å². The van der Waals surface area contributed by atoms with Crippen molar-refractivity contribution in [3.63, 3.8) is 0 Å². The van der Waals surface area contributed by atoms with Crippen molar-refractivity contribution in [2.45, 2.75) is 0 Å². The monoisotopic (exact) mass is 359 g/mol. The van der Waals surface area contributed by atoms with Gasteiger partial charge in [0.2, 0.25) is 5.88 Å². The quantitative estimate of drug-likeness (QED) is 0.724. The largest absolute Gasteiger partial charge is 0.437 e. The molecule has 0 radical (unpaired) electrons. The number of halogens is 2. The van der Waals surface area contributed by atoms with Crippen LogP contribution in [-0.2, 0) is 0 Å². The molecule has 1 aromatic heterocycles. The molecule has 0 saturated heterocycles. The minimum absolute atomic E-state index is 0.301. The van der Waals surface area contributed by atoms with Crippen LogP contribution in [0.2, 0.25) is 10.0 Å². The van der Waals surface area contributed by atoms with Gasteiger partial charge in [-0.25, -0.2) is 4.98 Å². The van der Waals surface area contributed by atoms with Gasteiger partial charge in [-0.15, -0.1) is 0 Å². The summed E-state index contributed by atoms with van der Waals surface area (Å²) < 4.78 is 5.58. The summed E-state index contributed by atoms with van der Waals surface area (Å²) in [5, 5.41) is 3.49. The second-order valence-corrected chi connectivity index (χ2v) is 5.57. The number of benzene rings is 2. The average molecular weight is 360 g/mol. The number of nitrogens with one attached hydrogen (secondary N) is 1. The third-order valence-corrected chi connectivity index (χ3v) is 3.77. The molecule has 0 aliphatic rings.